The second-order valence-corrected chi connectivity index (χ2v) is 5.55. The maximum atomic E-state index is 12.2. The summed E-state index contributed by atoms with van der Waals surface area (Å²) < 4.78 is 0. The SMILES string of the molecule is CC(NC(=O)CN)C(=O)NC(CCC(=O)O)C(=O)NC(C(=O)O)C(C)O. The van der Waals surface area contributed by atoms with Gasteiger partial charge in [-0.05, 0) is 20.3 Å². The molecule has 12 nitrogen and oxygen atoms in total. The summed E-state index contributed by atoms with van der Waals surface area (Å²) in [5, 5.41) is 33.6. The smallest absolute Gasteiger partial charge is 0.328 e. The lowest BCUT2D eigenvalue weighted by molar-refractivity contribution is -0.145. The molecular weight excluding hydrogens is 352 g/mol. The number of amides is 3. The topological polar surface area (TPSA) is 208 Å². The first-order chi connectivity index (χ1) is 12.0. The van der Waals surface area contributed by atoms with E-state index in [0.29, 0.717) is 0 Å². The minimum absolute atomic E-state index is 0.323. The molecule has 0 bridgehead atoms. The molecule has 12 heteroatoms. The van der Waals surface area contributed by atoms with Crippen molar-refractivity contribution in [1.29, 1.82) is 0 Å². The van der Waals surface area contributed by atoms with Gasteiger partial charge in [-0.15, -0.1) is 0 Å². The molecule has 4 unspecified atom stereocenters. The Morgan fingerprint density at radius 1 is 0.962 bits per heavy atom. The van der Waals surface area contributed by atoms with Crippen LogP contribution in [0.4, 0.5) is 0 Å². The van der Waals surface area contributed by atoms with Gasteiger partial charge in [-0.25, -0.2) is 4.79 Å². The van der Waals surface area contributed by atoms with Gasteiger partial charge in [-0.1, -0.05) is 0 Å². The van der Waals surface area contributed by atoms with Gasteiger partial charge >= 0.3 is 11.9 Å². The van der Waals surface area contributed by atoms with Crippen LogP contribution >= 0.6 is 0 Å². The van der Waals surface area contributed by atoms with Crippen molar-refractivity contribution >= 4 is 29.7 Å². The van der Waals surface area contributed by atoms with Gasteiger partial charge in [0.1, 0.15) is 12.1 Å². The van der Waals surface area contributed by atoms with Crippen LogP contribution in [0.1, 0.15) is 26.7 Å². The Morgan fingerprint density at radius 2 is 1.54 bits per heavy atom. The summed E-state index contributed by atoms with van der Waals surface area (Å²) in [6, 6.07) is -4.07. The minimum Gasteiger partial charge on any atom is -0.481 e. The van der Waals surface area contributed by atoms with E-state index in [9.17, 15) is 29.1 Å². The van der Waals surface area contributed by atoms with Crippen molar-refractivity contribution in [3.8, 4) is 0 Å². The molecule has 0 fully saturated rings. The lowest BCUT2D eigenvalue weighted by atomic mass is 10.1. The molecule has 0 aliphatic heterocycles. The summed E-state index contributed by atoms with van der Waals surface area (Å²) >= 11 is 0. The van der Waals surface area contributed by atoms with E-state index in [2.05, 4.69) is 10.6 Å². The third kappa shape index (κ3) is 8.39. The number of carboxylic acids is 2. The highest BCUT2D eigenvalue weighted by Gasteiger charge is 2.30. The number of carbonyl (C=O) groups excluding carboxylic acids is 3. The zero-order chi connectivity index (χ0) is 20.4. The Balaban J connectivity index is 5.11. The molecule has 26 heavy (non-hydrogen) atoms. The van der Waals surface area contributed by atoms with Gasteiger partial charge in [-0.3, -0.25) is 19.2 Å². The van der Waals surface area contributed by atoms with E-state index < -0.39 is 60.3 Å². The average Bonchev–Trinajstić information content (AvgIpc) is 2.54. The van der Waals surface area contributed by atoms with Crippen LogP contribution in [0.3, 0.4) is 0 Å². The predicted octanol–water partition coefficient (Wildman–Crippen LogP) is -3.25. The average molecular weight is 376 g/mol. The van der Waals surface area contributed by atoms with Gasteiger partial charge < -0.3 is 37.0 Å². The predicted molar refractivity (Wildman–Crippen MR) is 86.7 cm³/mol. The summed E-state index contributed by atoms with van der Waals surface area (Å²) in [5.74, 6) is -5.11. The molecule has 0 aromatic rings. The molecule has 8 N–H and O–H groups in total. The highest BCUT2D eigenvalue weighted by molar-refractivity contribution is 5.93. The second-order valence-electron chi connectivity index (χ2n) is 5.55. The maximum absolute atomic E-state index is 12.2. The number of nitrogens with one attached hydrogen (secondary N) is 3. The number of hydrogen-bond donors (Lipinski definition) is 7. The van der Waals surface area contributed by atoms with Crippen molar-refractivity contribution in [2.45, 2.75) is 50.9 Å². The molecule has 0 aromatic heterocycles. The van der Waals surface area contributed by atoms with Gasteiger partial charge in [-0.2, -0.15) is 0 Å². The van der Waals surface area contributed by atoms with Crippen LogP contribution in [-0.2, 0) is 24.0 Å². The second kappa shape index (κ2) is 11.0. The number of hydrogen-bond acceptors (Lipinski definition) is 7. The zero-order valence-electron chi connectivity index (χ0n) is 14.4. The van der Waals surface area contributed by atoms with Crippen molar-refractivity contribution in [3.63, 3.8) is 0 Å². The number of carboxylic acid groups (broad SMARTS) is 2. The molecular formula is C14H24N4O8. The summed E-state index contributed by atoms with van der Waals surface area (Å²) in [6.45, 7) is 2.12. The van der Waals surface area contributed by atoms with E-state index in [1.165, 1.54) is 6.92 Å². The van der Waals surface area contributed by atoms with Crippen molar-refractivity contribution in [2.75, 3.05) is 6.54 Å². The molecule has 0 aliphatic carbocycles. The van der Waals surface area contributed by atoms with E-state index in [1.54, 1.807) is 0 Å². The Bertz CT molecular complexity index is 551. The number of nitrogens with two attached hydrogens (primary N) is 1. The first kappa shape index (κ1) is 23.3. The fourth-order valence-corrected chi connectivity index (χ4v) is 1.84. The minimum atomic E-state index is -1.64. The fraction of sp³-hybridized carbons (Fsp3) is 0.643. The molecule has 0 aliphatic rings. The third-order valence-corrected chi connectivity index (χ3v) is 3.28. The molecule has 0 rings (SSSR count). The van der Waals surface area contributed by atoms with Crippen LogP contribution < -0.4 is 21.7 Å². The van der Waals surface area contributed by atoms with Crippen molar-refractivity contribution in [3.05, 3.63) is 0 Å². The zero-order valence-corrected chi connectivity index (χ0v) is 14.4. The summed E-state index contributed by atoms with van der Waals surface area (Å²) in [4.78, 5) is 57.2. The summed E-state index contributed by atoms with van der Waals surface area (Å²) in [6.07, 6.45) is -2.22. The van der Waals surface area contributed by atoms with E-state index in [-0.39, 0.29) is 13.0 Å². The fourth-order valence-electron chi connectivity index (χ4n) is 1.84. The quantitative estimate of drug-likeness (QED) is 0.193. The molecule has 0 saturated heterocycles. The van der Waals surface area contributed by atoms with Crippen molar-refractivity contribution in [2.24, 2.45) is 5.73 Å². The molecule has 0 aromatic carbocycles. The lowest BCUT2D eigenvalue weighted by Crippen LogP contribution is -2.57. The Labute approximate surface area is 149 Å². The van der Waals surface area contributed by atoms with Crippen LogP contribution in [0.5, 0.6) is 0 Å². The number of aliphatic carboxylic acids is 2. The molecule has 0 radical (unpaired) electrons. The highest BCUT2D eigenvalue weighted by Crippen LogP contribution is 2.02. The number of aliphatic hydroxyl groups excluding tert-OH is 1. The van der Waals surface area contributed by atoms with Crippen LogP contribution in [0.2, 0.25) is 0 Å². The van der Waals surface area contributed by atoms with E-state index in [0.717, 1.165) is 6.92 Å². The Hall–Kier alpha value is -2.73. The number of carbonyl (C=O) groups is 5. The number of rotatable bonds is 11. The number of aliphatic hydroxyl groups is 1. The normalized spacial score (nSPS) is 15.1. The first-order valence-electron chi connectivity index (χ1n) is 7.72. The summed E-state index contributed by atoms with van der Waals surface area (Å²) in [5.41, 5.74) is 5.11. The maximum Gasteiger partial charge on any atom is 0.328 e. The van der Waals surface area contributed by atoms with Crippen LogP contribution in [0, 0.1) is 0 Å². The Morgan fingerprint density at radius 3 is 1.96 bits per heavy atom. The molecule has 4 atom stereocenters. The lowest BCUT2D eigenvalue weighted by Gasteiger charge is -2.23. The van der Waals surface area contributed by atoms with Crippen LogP contribution in [-0.4, -0.2) is 75.8 Å². The summed E-state index contributed by atoms with van der Waals surface area (Å²) in [7, 11) is 0. The van der Waals surface area contributed by atoms with E-state index >= 15 is 0 Å². The van der Waals surface area contributed by atoms with Gasteiger partial charge in [0.05, 0.1) is 12.6 Å². The van der Waals surface area contributed by atoms with E-state index in [1.807, 2.05) is 5.32 Å². The van der Waals surface area contributed by atoms with Crippen molar-refractivity contribution in [1.82, 2.24) is 16.0 Å². The van der Waals surface area contributed by atoms with Gasteiger partial charge in [0.15, 0.2) is 6.04 Å². The van der Waals surface area contributed by atoms with Crippen LogP contribution in [0.15, 0.2) is 0 Å². The van der Waals surface area contributed by atoms with Crippen LogP contribution in [0.25, 0.3) is 0 Å². The standard InChI is InChI=1S/C14H24N4O8/c1-6(16-9(20)5-15)12(23)17-8(3-4-10(21)22)13(24)18-11(7(2)19)14(25)26/h6-8,11,19H,3-5,15H2,1-2H3,(H,16,20)(H,17,23)(H,18,24)(H,21,22)(H,25,26). The first-order valence-corrected chi connectivity index (χ1v) is 7.72. The van der Waals surface area contributed by atoms with Gasteiger partial charge in [0.2, 0.25) is 17.7 Å². The van der Waals surface area contributed by atoms with Crippen molar-refractivity contribution < 1.29 is 39.3 Å². The third-order valence-electron chi connectivity index (χ3n) is 3.28. The monoisotopic (exact) mass is 376 g/mol. The van der Waals surface area contributed by atoms with Gasteiger partial charge in [0, 0.05) is 6.42 Å². The molecule has 148 valence electrons. The highest BCUT2D eigenvalue weighted by atomic mass is 16.4. The molecule has 0 spiro atoms. The van der Waals surface area contributed by atoms with E-state index in [4.69, 9.17) is 15.9 Å². The molecule has 0 heterocycles. The molecule has 0 saturated carbocycles. The Kier molecular flexibility index (Phi) is 9.84. The van der Waals surface area contributed by atoms with Gasteiger partial charge in [0.25, 0.3) is 0 Å². The molecule has 3 amide bonds. The largest absolute Gasteiger partial charge is 0.481 e.